The summed E-state index contributed by atoms with van der Waals surface area (Å²) in [4.78, 5) is 11.2. The van der Waals surface area contributed by atoms with Crippen LogP contribution in [0.25, 0.3) is 10.9 Å². The molecule has 1 aromatic carbocycles. The molecule has 2 aromatic rings. The predicted molar refractivity (Wildman–Crippen MR) is 68.5 cm³/mol. The standard InChI is InChI=1S/C14H17NO2/c1-4-17-12-5-6-14-13(8-12)11(7-10(2)16)9-15(14)3/h5-6,8-9H,4,7H2,1-3H3. The van der Waals surface area contributed by atoms with Crippen LogP contribution in [-0.4, -0.2) is 17.0 Å². The molecule has 0 aliphatic rings. The lowest BCUT2D eigenvalue weighted by atomic mass is 10.1. The third kappa shape index (κ3) is 2.33. The Bertz CT molecular complexity index is 555. The smallest absolute Gasteiger partial charge is 0.134 e. The molecule has 0 fully saturated rings. The van der Waals surface area contributed by atoms with Crippen molar-refractivity contribution < 1.29 is 9.53 Å². The fourth-order valence-corrected chi connectivity index (χ4v) is 2.12. The number of aryl methyl sites for hydroxylation is 1. The van der Waals surface area contributed by atoms with E-state index in [9.17, 15) is 4.79 Å². The lowest BCUT2D eigenvalue weighted by Crippen LogP contribution is -1.95. The van der Waals surface area contributed by atoms with Crippen molar-refractivity contribution in [3.8, 4) is 5.75 Å². The van der Waals surface area contributed by atoms with Crippen LogP contribution in [0.5, 0.6) is 5.75 Å². The topological polar surface area (TPSA) is 31.2 Å². The number of ether oxygens (including phenoxy) is 1. The number of aromatic nitrogens is 1. The minimum atomic E-state index is 0.180. The zero-order valence-corrected chi connectivity index (χ0v) is 10.5. The first kappa shape index (κ1) is 11.7. The summed E-state index contributed by atoms with van der Waals surface area (Å²) in [6.07, 6.45) is 2.49. The maximum Gasteiger partial charge on any atom is 0.134 e. The monoisotopic (exact) mass is 231 g/mol. The number of fused-ring (bicyclic) bond motifs is 1. The molecule has 0 amide bonds. The lowest BCUT2D eigenvalue weighted by Gasteiger charge is -2.04. The number of benzene rings is 1. The van der Waals surface area contributed by atoms with Gasteiger partial charge in [0.05, 0.1) is 6.61 Å². The van der Waals surface area contributed by atoms with Crippen LogP contribution < -0.4 is 4.74 Å². The van der Waals surface area contributed by atoms with E-state index < -0.39 is 0 Å². The van der Waals surface area contributed by atoms with Crippen LogP contribution in [0.4, 0.5) is 0 Å². The van der Waals surface area contributed by atoms with Gasteiger partial charge in [0.25, 0.3) is 0 Å². The number of carbonyl (C=O) groups is 1. The molecule has 0 bridgehead atoms. The molecule has 3 heteroatoms. The lowest BCUT2D eigenvalue weighted by molar-refractivity contribution is -0.116. The predicted octanol–water partition coefficient (Wildman–Crippen LogP) is 2.71. The molecule has 0 radical (unpaired) electrons. The molecule has 0 atom stereocenters. The molecule has 0 unspecified atom stereocenters. The van der Waals surface area contributed by atoms with Crippen LogP contribution in [0.1, 0.15) is 19.4 Å². The Morgan fingerprint density at radius 2 is 2.18 bits per heavy atom. The van der Waals surface area contributed by atoms with Gasteiger partial charge < -0.3 is 9.30 Å². The van der Waals surface area contributed by atoms with Crippen molar-refractivity contribution in [2.45, 2.75) is 20.3 Å². The molecule has 0 saturated heterocycles. The van der Waals surface area contributed by atoms with Gasteiger partial charge in [-0.05, 0) is 37.6 Å². The summed E-state index contributed by atoms with van der Waals surface area (Å²) in [5, 5.41) is 1.11. The summed E-state index contributed by atoms with van der Waals surface area (Å²) >= 11 is 0. The van der Waals surface area contributed by atoms with Crippen molar-refractivity contribution in [3.63, 3.8) is 0 Å². The summed E-state index contributed by atoms with van der Waals surface area (Å²) in [6, 6.07) is 6.00. The first-order valence-electron chi connectivity index (χ1n) is 5.82. The maximum atomic E-state index is 11.2. The fourth-order valence-electron chi connectivity index (χ4n) is 2.12. The normalized spacial score (nSPS) is 10.8. The van der Waals surface area contributed by atoms with E-state index in [2.05, 4.69) is 0 Å². The molecule has 0 N–H and O–H groups in total. The van der Waals surface area contributed by atoms with Gasteiger partial charge in [-0.2, -0.15) is 0 Å². The quantitative estimate of drug-likeness (QED) is 0.810. The maximum absolute atomic E-state index is 11.2. The van der Waals surface area contributed by atoms with Gasteiger partial charge in [-0.15, -0.1) is 0 Å². The zero-order chi connectivity index (χ0) is 12.4. The Morgan fingerprint density at radius 1 is 1.41 bits per heavy atom. The van der Waals surface area contributed by atoms with E-state index in [4.69, 9.17) is 4.74 Å². The second-order valence-corrected chi connectivity index (χ2v) is 4.26. The van der Waals surface area contributed by atoms with Crippen molar-refractivity contribution in [3.05, 3.63) is 30.0 Å². The van der Waals surface area contributed by atoms with Crippen LogP contribution in [0.15, 0.2) is 24.4 Å². The molecule has 0 saturated carbocycles. The number of hydrogen-bond acceptors (Lipinski definition) is 2. The van der Waals surface area contributed by atoms with Crippen molar-refractivity contribution >= 4 is 16.7 Å². The highest BCUT2D eigenvalue weighted by molar-refractivity contribution is 5.90. The highest BCUT2D eigenvalue weighted by Crippen LogP contribution is 2.26. The van der Waals surface area contributed by atoms with E-state index in [1.807, 2.05) is 42.9 Å². The molecule has 3 nitrogen and oxygen atoms in total. The van der Waals surface area contributed by atoms with E-state index in [0.29, 0.717) is 13.0 Å². The SMILES string of the molecule is CCOc1ccc2c(c1)c(CC(C)=O)cn2C. The Balaban J connectivity index is 2.52. The van der Waals surface area contributed by atoms with E-state index >= 15 is 0 Å². The third-order valence-corrected chi connectivity index (χ3v) is 2.79. The summed E-state index contributed by atoms with van der Waals surface area (Å²) in [7, 11) is 1.99. The number of carbonyl (C=O) groups excluding carboxylic acids is 1. The van der Waals surface area contributed by atoms with Gasteiger partial charge in [0, 0.05) is 30.6 Å². The summed E-state index contributed by atoms with van der Waals surface area (Å²) in [5.74, 6) is 1.04. The van der Waals surface area contributed by atoms with E-state index in [-0.39, 0.29) is 5.78 Å². The number of rotatable bonds is 4. The second-order valence-electron chi connectivity index (χ2n) is 4.26. The molecule has 90 valence electrons. The Hall–Kier alpha value is -1.77. The molecular weight excluding hydrogens is 214 g/mol. The fraction of sp³-hybridized carbons (Fsp3) is 0.357. The largest absolute Gasteiger partial charge is 0.494 e. The first-order valence-corrected chi connectivity index (χ1v) is 5.82. The minimum Gasteiger partial charge on any atom is -0.494 e. The second kappa shape index (κ2) is 4.62. The number of hydrogen-bond donors (Lipinski definition) is 0. The van der Waals surface area contributed by atoms with Crippen LogP contribution >= 0.6 is 0 Å². The summed E-state index contributed by atoms with van der Waals surface area (Å²) < 4.78 is 7.53. The van der Waals surface area contributed by atoms with Gasteiger partial charge in [0.2, 0.25) is 0 Å². The van der Waals surface area contributed by atoms with Crippen LogP contribution in [0.2, 0.25) is 0 Å². The highest BCUT2D eigenvalue weighted by Gasteiger charge is 2.09. The van der Waals surface area contributed by atoms with Gasteiger partial charge >= 0.3 is 0 Å². The van der Waals surface area contributed by atoms with Crippen molar-refractivity contribution in [2.24, 2.45) is 7.05 Å². The average Bonchev–Trinajstić information content (AvgIpc) is 2.55. The summed E-state index contributed by atoms with van der Waals surface area (Å²) in [6.45, 7) is 4.23. The van der Waals surface area contributed by atoms with Crippen LogP contribution in [0.3, 0.4) is 0 Å². The molecule has 1 aromatic heterocycles. The Kier molecular flexibility index (Phi) is 3.18. The molecule has 2 rings (SSSR count). The van der Waals surface area contributed by atoms with Gasteiger partial charge in [0.1, 0.15) is 11.5 Å². The number of Topliss-reactive ketones (excluding diaryl/α,β-unsaturated/α-hetero) is 1. The first-order chi connectivity index (χ1) is 8.11. The summed E-state index contributed by atoms with van der Waals surface area (Å²) in [5.41, 5.74) is 2.20. The van der Waals surface area contributed by atoms with Crippen LogP contribution in [0, 0.1) is 0 Å². The highest BCUT2D eigenvalue weighted by atomic mass is 16.5. The van der Waals surface area contributed by atoms with Crippen molar-refractivity contribution in [1.29, 1.82) is 0 Å². The minimum absolute atomic E-state index is 0.180. The molecule has 17 heavy (non-hydrogen) atoms. The van der Waals surface area contributed by atoms with Crippen LogP contribution in [-0.2, 0) is 18.3 Å². The van der Waals surface area contributed by atoms with E-state index in [1.165, 1.54) is 0 Å². The molecule has 1 heterocycles. The van der Waals surface area contributed by atoms with Crippen molar-refractivity contribution in [2.75, 3.05) is 6.61 Å². The van der Waals surface area contributed by atoms with Gasteiger partial charge in [0.15, 0.2) is 0 Å². The average molecular weight is 231 g/mol. The Morgan fingerprint density at radius 3 is 2.82 bits per heavy atom. The Labute approximate surface area is 101 Å². The molecule has 0 spiro atoms. The third-order valence-electron chi connectivity index (χ3n) is 2.79. The van der Waals surface area contributed by atoms with Gasteiger partial charge in [-0.3, -0.25) is 4.79 Å². The van der Waals surface area contributed by atoms with Gasteiger partial charge in [-0.25, -0.2) is 0 Å². The molecule has 0 aliphatic heterocycles. The zero-order valence-electron chi connectivity index (χ0n) is 10.5. The number of nitrogens with zero attached hydrogens (tertiary/aromatic N) is 1. The molecular formula is C14H17NO2. The van der Waals surface area contributed by atoms with Crippen molar-refractivity contribution in [1.82, 2.24) is 4.57 Å². The van der Waals surface area contributed by atoms with E-state index in [1.54, 1.807) is 6.92 Å². The van der Waals surface area contributed by atoms with Gasteiger partial charge in [-0.1, -0.05) is 0 Å². The number of ketones is 1. The van der Waals surface area contributed by atoms with E-state index in [0.717, 1.165) is 22.2 Å². The molecule has 0 aliphatic carbocycles.